The summed E-state index contributed by atoms with van der Waals surface area (Å²) >= 11 is 6.65. The molecule has 4 aromatic rings. The van der Waals surface area contributed by atoms with E-state index in [-0.39, 0.29) is 0 Å². The van der Waals surface area contributed by atoms with Crippen molar-refractivity contribution in [2.75, 3.05) is 0 Å². The predicted molar refractivity (Wildman–Crippen MR) is 113 cm³/mol. The normalized spacial score (nSPS) is 11.5. The van der Waals surface area contributed by atoms with Gasteiger partial charge in [-0.05, 0) is 41.5 Å². The number of nitriles is 1. The third kappa shape index (κ3) is 3.40. The fraction of sp³-hybridized carbons (Fsp3) is 0.0870. The molecule has 0 aliphatic rings. The van der Waals surface area contributed by atoms with Crippen LogP contribution in [0.25, 0.3) is 22.4 Å². The highest BCUT2D eigenvalue weighted by Gasteiger charge is 2.14. The SMILES string of the molecule is Cc1nn(Cc2cccc3ccccc23)c(Cl)c1/C=C(/C#N)c1ccccn1. The molecule has 0 fully saturated rings. The van der Waals surface area contributed by atoms with Crippen LogP contribution in [0.4, 0.5) is 0 Å². The molecule has 0 N–H and O–H groups in total. The van der Waals surface area contributed by atoms with Gasteiger partial charge in [0.2, 0.25) is 0 Å². The van der Waals surface area contributed by atoms with Crippen LogP contribution in [0.15, 0.2) is 66.9 Å². The van der Waals surface area contributed by atoms with Gasteiger partial charge in [-0.1, -0.05) is 60.1 Å². The molecule has 5 heteroatoms. The van der Waals surface area contributed by atoms with Crippen LogP contribution in [0.2, 0.25) is 5.15 Å². The van der Waals surface area contributed by atoms with Crippen molar-refractivity contribution in [3.8, 4) is 6.07 Å². The fourth-order valence-electron chi connectivity index (χ4n) is 3.26. The van der Waals surface area contributed by atoms with E-state index in [1.165, 1.54) is 10.8 Å². The maximum absolute atomic E-state index is 9.55. The maximum Gasteiger partial charge on any atom is 0.134 e. The molecule has 0 unspecified atom stereocenters. The number of pyridine rings is 1. The average molecular weight is 385 g/mol. The van der Waals surface area contributed by atoms with Crippen molar-refractivity contribution in [1.29, 1.82) is 5.26 Å². The van der Waals surface area contributed by atoms with Crippen LogP contribution < -0.4 is 0 Å². The standard InChI is InChI=1S/C23H17ClN4/c1-16-21(13-19(14-25)22-11-4-5-12-26-22)23(24)28(27-16)15-18-9-6-8-17-7-2-3-10-20(17)18/h2-13H,15H2,1H3/b19-13-. The Hall–Kier alpha value is -3.42. The largest absolute Gasteiger partial charge is 0.256 e. The van der Waals surface area contributed by atoms with Crippen molar-refractivity contribution >= 4 is 34.0 Å². The molecule has 0 saturated heterocycles. The minimum absolute atomic E-state index is 0.454. The number of rotatable bonds is 4. The van der Waals surface area contributed by atoms with Gasteiger partial charge >= 0.3 is 0 Å². The van der Waals surface area contributed by atoms with E-state index in [1.807, 2.05) is 37.3 Å². The lowest BCUT2D eigenvalue weighted by atomic mass is 10.0. The first-order chi connectivity index (χ1) is 13.7. The van der Waals surface area contributed by atoms with Gasteiger partial charge in [0.05, 0.1) is 23.5 Å². The van der Waals surface area contributed by atoms with Crippen molar-refractivity contribution in [2.24, 2.45) is 0 Å². The summed E-state index contributed by atoms with van der Waals surface area (Å²) in [5, 5.41) is 17.0. The van der Waals surface area contributed by atoms with Crippen LogP contribution in [0.1, 0.15) is 22.5 Å². The molecule has 0 atom stereocenters. The Morgan fingerprint density at radius 3 is 2.68 bits per heavy atom. The minimum Gasteiger partial charge on any atom is -0.256 e. The highest BCUT2D eigenvalue weighted by atomic mass is 35.5. The van der Waals surface area contributed by atoms with E-state index in [2.05, 4.69) is 40.4 Å². The summed E-state index contributed by atoms with van der Waals surface area (Å²) < 4.78 is 1.78. The van der Waals surface area contributed by atoms with E-state index in [9.17, 15) is 5.26 Å². The molecule has 4 nitrogen and oxygen atoms in total. The van der Waals surface area contributed by atoms with E-state index in [4.69, 9.17) is 11.6 Å². The lowest BCUT2D eigenvalue weighted by Crippen LogP contribution is -2.02. The van der Waals surface area contributed by atoms with Crippen molar-refractivity contribution in [3.63, 3.8) is 0 Å². The van der Waals surface area contributed by atoms with Gasteiger partial charge < -0.3 is 0 Å². The van der Waals surface area contributed by atoms with Gasteiger partial charge in [0.25, 0.3) is 0 Å². The summed E-state index contributed by atoms with van der Waals surface area (Å²) in [4.78, 5) is 4.25. The summed E-state index contributed by atoms with van der Waals surface area (Å²) in [6, 6.07) is 22.2. The van der Waals surface area contributed by atoms with Crippen LogP contribution in [0.5, 0.6) is 0 Å². The van der Waals surface area contributed by atoms with Crippen LogP contribution in [-0.4, -0.2) is 14.8 Å². The molecular weight excluding hydrogens is 368 g/mol. The van der Waals surface area contributed by atoms with E-state index in [0.29, 0.717) is 23.0 Å². The van der Waals surface area contributed by atoms with E-state index >= 15 is 0 Å². The first-order valence-corrected chi connectivity index (χ1v) is 9.28. The molecule has 0 aliphatic heterocycles. The number of aromatic nitrogens is 3. The van der Waals surface area contributed by atoms with Crippen molar-refractivity contribution in [2.45, 2.75) is 13.5 Å². The lowest BCUT2D eigenvalue weighted by molar-refractivity contribution is 0.683. The molecule has 28 heavy (non-hydrogen) atoms. The number of aryl methyl sites for hydroxylation is 1. The van der Waals surface area contributed by atoms with Crippen molar-refractivity contribution < 1.29 is 0 Å². The predicted octanol–water partition coefficient (Wildman–Crippen LogP) is 5.51. The monoisotopic (exact) mass is 384 g/mol. The first kappa shape index (κ1) is 18.0. The summed E-state index contributed by atoms with van der Waals surface area (Å²) in [7, 11) is 0. The van der Waals surface area contributed by atoms with Crippen LogP contribution in [0, 0.1) is 18.3 Å². The van der Waals surface area contributed by atoms with E-state index in [1.54, 1.807) is 23.0 Å². The Labute approximate surface area is 168 Å². The molecule has 0 bridgehead atoms. The second-order valence-corrected chi connectivity index (χ2v) is 6.83. The molecule has 0 spiro atoms. The number of hydrogen-bond donors (Lipinski definition) is 0. The lowest BCUT2D eigenvalue weighted by Gasteiger charge is -2.08. The number of hydrogen-bond acceptors (Lipinski definition) is 3. The van der Waals surface area contributed by atoms with Crippen molar-refractivity contribution in [1.82, 2.24) is 14.8 Å². The topological polar surface area (TPSA) is 54.5 Å². The second-order valence-electron chi connectivity index (χ2n) is 6.47. The van der Waals surface area contributed by atoms with Gasteiger partial charge in [-0.25, -0.2) is 4.68 Å². The van der Waals surface area contributed by atoms with Gasteiger partial charge in [-0.2, -0.15) is 10.4 Å². The molecule has 0 aliphatic carbocycles. The maximum atomic E-state index is 9.55. The minimum atomic E-state index is 0.454. The third-order valence-electron chi connectivity index (χ3n) is 4.66. The number of fused-ring (bicyclic) bond motifs is 1. The van der Waals surface area contributed by atoms with Gasteiger partial charge in [0.1, 0.15) is 11.2 Å². The Morgan fingerprint density at radius 1 is 1.11 bits per heavy atom. The molecule has 2 aromatic carbocycles. The first-order valence-electron chi connectivity index (χ1n) is 8.90. The highest BCUT2D eigenvalue weighted by Crippen LogP contribution is 2.27. The molecular formula is C23H17ClN4. The smallest absolute Gasteiger partial charge is 0.134 e. The van der Waals surface area contributed by atoms with Crippen molar-refractivity contribution in [3.05, 3.63) is 94.5 Å². The molecule has 4 rings (SSSR count). The number of halogens is 1. The molecule has 0 amide bonds. The highest BCUT2D eigenvalue weighted by molar-refractivity contribution is 6.31. The van der Waals surface area contributed by atoms with E-state index < -0.39 is 0 Å². The van der Waals surface area contributed by atoms with Crippen LogP contribution in [0.3, 0.4) is 0 Å². The Kier molecular flexibility index (Phi) is 4.92. The van der Waals surface area contributed by atoms with Gasteiger partial charge in [-0.3, -0.25) is 4.98 Å². The molecule has 2 heterocycles. The zero-order chi connectivity index (χ0) is 19.5. The summed E-state index contributed by atoms with van der Waals surface area (Å²) in [5.74, 6) is 0. The van der Waals surface area contributed by atoms with Gasteiger partial charge in [-0.15, -0.1) is 0 Å². The molecule has 0 radical (unpaired) electrons. The third-order valence-corrected chi connectivity index (χ3v) is 5.06. The Balaban J connectivity index is 1.74. The zero-order valence-electron chi connectivity index (χ0n) is 15.3. The molecule has 136 valence electrons. The number of benzene rings is 2. The summed E-state index contributed by atoms with van der Waals surface area (Å²) in [5.41, 5.74) is 3.72. The number of nitrogens with zero attached hydrogens (tertiary/aromatic N) is 4. The Morgan fingerprint density at radius 2 is 1.89 bits per heavy atom. The summed E-state index contributed by atoms with van der Waals surface area (Å²) in [6.07, 6.45) is 3.42. The average Bonchev–Trinajstić information content (AvgIpc) is 3.00. The van der Waals surface area contributed by atoms with Gasteiger partial charge in [0.15, 0.2) is 0 Å². The number of allylic oxidation sites excluding steroid dienone is 1. The second kappa shape index (κ2) is 7.67. The molecule has 0 saturated carbocycles. The fourth-order valence-corrected chi connectivity index (χ4v) is 3.55. The Bertz CT molecular complexity index is 1210. The van der Waals surface area contributed by atoms with Crippen LogP contribution in [-0.2, 0) is 6.54 Å². The van der Waals surface area contributed by atoms with E-state index in [0.717, 1.165) is 16.8 Å². The quantitative estimate of drug-likeness (QED) is 0.436. The van der Waals surface area contributed by atoms with Gasteiger partial charge in [0, 0.05) is 11.8 Å². The molecule has 2 aromatic heterocycles. The summed E-state index contributed by atoms with van der Waals surface area (Å²) in [6.45, 7) is 2.45. The zero-order valence-corrected chi connectivity index (χ0v) is 16.1. The van der Waals surface area contributed by atoms with Crippen LogP contribution >= 0.6 is 11.6 Å².